The van der Waals surface area contributed by atoms with E-state index in [2.05, 4.69) is 21.9 Å². The number of aliphatic carboxylic acids is 2. The van der Waals surface area contributed by atoms with E-state index in [0.29, 0.717) is 10.5 Å². The van der Waals surface area contributed by atoms with Gasteiger partial charge in [0.25, 0.3) is 0 Å². The molecule has 12 heteroatoms. The number of anilines is 1. The number of nitrogens with zero attached hydrogens (tertiary/aromatic N) is 3. The van der Waals surface area contributed by atoms with Gasteiger partial charge in [0.2, 0.25) is 0 Å². The lowest BCUT2D eigenvalue weighted by Crippen LogP contribution is -2.59. The molecule has 0 radical (unpaired) electrons. The lowest BCUT2D eigenvalue weighted by atomic mass is 9.98. The summed E-state index contributed by atoms with van der Waals surface area (Å²) in [5.74, 6) is -3.61. The molecule has 4 N–H and O–H groups in total. The quantitative estimate of drug-likeness (QED) is 0.272. The van der Waals surface area contributed by atoms with Gasteiger partial charge in [0.1, 0.15) is 18.3 Å². The molecule has 212 valence electrons. The molecule has 39 heavy (non-hydrogen) atoms. The highest BCUT2D eigenvalue weighted by atomic mass is 19.4. The van der Waals surface area contributed by atoms with E-state index in [1.807, 2.05) is 42.5 Å². The van der Waals surface area contributed by atoms with Gasteiger partial charge < -0.3 is 30.1 Å². The first kappa shape index (κ1) is 29.9. The predicted molar refractivity (Wildman–Crippen MR) is 138 cm³/mol. The van der Waals surface area contributed by atoms with E-state index < -0.39 is 18.1 Å². The molecule has 0 saturated carbocycles. The first-order valence-electron chi connectivity index (χ1n) is 12.7. The van der Waals surface area contributed by atoms with Gasteiger partial charge in [-0.2, -0.15) is 13.2 Å². The summed E-state index contributed by atoms with van der Waals surface area (Å²) < 4.78 is 32.2. The minimum Gasteiger partial charge on any atom is -0.542 e. The zero-order valence-electron chi connectivity index (χ0n) is 21.6. The Kier molecular flexibility index (Phi) is 9.92. The van der Waals surface area contributed by atoms with Gasteiger partial charge in [0, 0.05) is 61.9 Å². The number of piperidine rings is 1. The highest BCUT2D eigenvalue weighted by Crippen LogP contribution is 2.27. The van der Waals surface area contributed by atoms with E-state index in [0.717, 1.165) is 64.2 Å². The van der Waals surface area contributed by atoms with Gasteiger partial charge in [0.15, 0.2) is 6.54 Å². The summed E-state index contributed by atoms with van der Waals surface area (Å²) >= 11 is 0. The van der Waals surface area contributed by atoms with E-state index in [1.165, 1.54) is 11.3 Å². The molecule has 0 bridgehead atoms. The Labute approximate surface area is 225 Å². The van der Waals surface area contributed by atoms with Crippen LogP contribution in [0, 0.1) is 5.41 Å². The Morgan fingerprint density at radius 2 is 1.54 bits per heavy atom. The van der Waals surface area contributed by atoms with Crippen LogP contribution in [0.3, 0.4) is 0 Å². The number of benzene rings is 2. The van der Waals surface area contributed by atoms with Gasteiger partial charge in [-0.15, -0.1) is 0 Å². The number of likely N-dealkylation sites (tertiary alicyclic amines) is 1. The molecule has 0 atom stereocenters. The third-order valence-corrected chi connectivity index (χ3v) is 7.31. The normalized spacial score (nSPS) is 21.9. The summed E-state index contributed by atoms with van der Waals surface area (Å²) in [5.41, 5.74) is 8.72. The van der Waals surface area contributed by atoms with Crippen LogP contribution >= 0.6 is 0 Å². The monoisotopic (exact) mass is 549 g/mol. The van der Waals surface area contributed by atoms with Crippen molar-refractivity contribution in [2.24, 2.45) is 5.73 Å². The minimum absolute atomic E-state index is 0.100. The van der Waals surface area contributed by atoms with Crippen LogP contribution in [0.25, 0.3) is 0 Å². The van der Waals surface area contributed by atoms with Crippen molar-refractivity contribution in [1.82, 2.24) is 4.90 Å². The first-order valence-corrected chi connectivity index (χ1v) is 12.7. The smallest absolute Gasteiger partial charge is 0.430 e. The lowest BCUT2D eigenvalue weighted by molar-refractivity contribution is -0.939. The number of amidine groups is 1. The van der Waals surface area contributed by atoms with Crippen molar-refractivity contribution < 1.29 is 37.5 Å². The summed E-state index contributed by atoms with van der Waals surface area (Å²) in [7, 11) is 0. The Bertz CT molecular complexity index is 1110. The van der Waals surface area contributed by atoms with Crippen LogP contribution in [0.2, 0.25) is 0 Å². The van der Waals surface area contributed by atoms with E-state index in [4.69, 9.17) is 21.0 Å². The van der Waals surface area contributed by atoms with Crippen LogP contribution < -0.4 is 15.7 Å². The number of carboxylic acids is 2. The van der Waals surface area contributed by atoms with E-state index >= 15 is 0 Å². The molecule has 2 saturated heterocycles. The van der Waals surface area contributed by atoms with Crippen molar-refractivity contribution in [3.8, 4) is 0 Å². The Morgan fingerprint density at radius 1 is 1.00 bits per heavy atom. The fraction of sp³-hybridized carbons (Fsp3) is 0.444. The van der Waals surface area contributed by atoms with Crippen molar-refractivity contribution in [3.05, 3.63) is 65.7 Å². The zero-order valence-corrected chi connectivity index (χ0v) is 21.6. The van der Waals surface area contributed by atoms with Crippen molar-refractivity contribution in [2.45, 2.75) is 31.6 Å². The average Bonchev–Trinajstić information content (AvgIpc) is 2.89. The summed E-state index contributed by atoms with van der Waals surface area (Å²) in [6, 6.07) is 18.8. The van der Waals surface area contributed by atoms with Crippen molar-refractivity contribution in [2.75, 3.05) is 50.7 Å². The molecule has 9 nitrogen and oxygen atoms in total. The molecule has 2 aromatic rings. The maximum Gasteiger partial charge on any atom is 0.430 e. The van der Waals surface area contributed by atoms with Crippen molar-refractivity contribution in [1.29, 1.82) is 5.41 Å². The zero-order chi connectivity index (χ0) is 28.6. The number of rotatable bonds is 7. The van der Waals surface area contributed by atoms with Crippen LogP contribution in [0.1, 0.15) is 24.0 Å². The molecule has 0 amide bonds. The molecule has 4 rings (SSSR count). The van der Waals surface area contributed by atoms with Gasteiger partial charge in [-0.1, -0.05) is 30.3 Å². The van der Waals surface area contributed by atoms with Crippen LogP contribution in [0.5, 0.6) is 0 Å². The fourth-order valence-corrected chi connectivity index (χ4v) is 5.29. The first-order chi connectivity index (χ1) is 18.4. The Morgan fingerprint density at radius 3 is 2.00 bits per heavy atom. The highest BCUT2D eigenvalue weighted by Gasteiger charge is 2.38. The Balaban J connectivity index is 0.000000532. The molecule has 2 heterocycles. The van der Waals surface area contributed by atoms with Crippen molar-refractivity contribution in [3.63, 3.8) is 0 Å². The second kappa shape index (κ2) is 12.9. The van der Waals surface area contributed by atoms with E-state index in [1.54, 1.807) is 0 Å². The van der Waals surface area contributed by atoms with E-state index in [9.17, 15) is 23.1 Å². The molecule has 2 aliphatic rings. The highest BCUT2D eigenvalue weighted by molar-refractivity contribution is 5.95. The molecule has 2 aliphatic heterocycles. The second-order valence-corrected chi connectivity index (χ2v) is 9.98. The van der Waals surface area contributed by atoms with Crippen LogP contribution in [0.15, 0.2) is 54.6 Å². The van der Waals surface area contributed by atoms with Gasteiger partial charge >= 0.3 is 12.1 Å². The standard InChI is InChI=1S/C25H33N5O2.C2HF3O2/c26-25(27)21-6-8-22(9-7-21)28-12-14-29(15-13-28)23-10-16-30(17-11-23,19-24(31)32)18-20-4-2-1-3-5-20;3-2(4,5)1(6)7/h1-9,23H,10-19H2,(H3-,26,27,31,32);(H,6,7)/t23-,30-;. The topological polar surface area (TPSA) is 134 Å². The number of nitrogen functional groups attached to an aromatic ring is 1. The number of hydrogen-bond acceptors (Lipinski definition) is 6. The molecule has 2 aromatic carbocycles. The van der Waals surface area contributed by atoms with Gasteiger partial charge in [-0.25, -0.2) is 4.79 Å². The molecule has 0 spiro atoms. The van der Waals surface area contributed by atoms with E-state index in [-0.39, 0.29) is 12.4 Å². The van der Waals surface area contributed by atoms with Gasteiger partial charge in [0.05, 0.1) is 13.1 Å². The molecule has 0 aromatic heterocycles. The molecule has 0 aliphatic carbocycles. The number of nitrogens with two attached hydrogens (primary N) is 1. The molecule has 0 unspecified atom stereocenters. The maximum absolute atomic E-state index is 11.6. The fourth-order valence-electron chi connectivity index (χ4n) is 5.29. The number of carbonyl (C=O) groups excluding carboxylic acids is 1. The number of halogens is 3. The molecule has 2 fully saturated rings. The summed E-state index contributed by atoms with van der Waals surface area (Å²) in [6.07, 6.45) is -3.10. The maximum atomic E-state index is 11.6. The minimum atomic E-state index is -5.19. The lowest BCUT2D eigenvalue weighted by Gasteiger charge is -2.47. The second-order valence-electron chi connectivity index (χ2n) is 9.98. The molecular formula is C27H34F3N5O4. The number of carbonyl (C=O) groups is 2. The SMILES string of the molecule is N=C(N)c1ccc(N2CCN([C@H]3CC[N@@+](CC(=O)O)(Cc4ccccc4)CC3)CC2)cc1.O=C([O-])C(F)(F)F. The van der Waals surface area contributed by atoms with Gasteiger partial charge in [-0.05, 0) is 24.3 Å². The number of hydrogen-bond donors (Lipinski definition) is 3. The third-order valence-electron chi connectivity index (χ3n) is 7.31. The number of nitrogens with one attached hydrogen (secondary N) is 1. The number of quaternary nitrogens is 1. The summed E-state index contributed by atoms with van der Waals surface area (Å²) in [5, 5.41) is 25.9. The number of carboxylic acid groups (broad SMARTS) is 2. The van der Waals surface area contributed by atoms with Crippen LogP contribution in [0.4, 0.5) is 18.9 Å². The number of piperazine rings is 1. The largest absolute Gasteiger partial charge is 0.542 e. The number of alkyl halides is 3. The average molecular weight is 550 g/mol. The third kappa shape index (κ3) is 8.69. The van der Waals surface area contributed by atoms with Crippen molar-refractivity contribution >= 4 is 23.5 Å². The predicted octanol–water partition coefficient (Wildman–Crippen LogP) is 1.66. The van der Waals surface area contributed by atoms with Crippen LogP contribution in [-0.4, -0.2) is 90.3 Å². The van der Waals surface area contributed by atoms with Crippen LogP contribution in [-0.2, 0) is 16.1 Å². The van der Waals surface area contributed by atoms with Gasteiger partial charge in [-0.3, -0.25) is 10.3 Å². The summed E-state index contributed by atoms with van der Waals surface area (Å²) in [4.78, 5) is 25.4. The molecular weight excluding hydrogens is 515 g/mol. The summed E-state index contributed by atoms with van der Waals surface area (Å²) in [6.45, 7) is 6.84. The Hall–Kier alpha value is -3.64.